The lowest BCUT2D eigenvalue weighted by atomic mass is 10.1. The minimum atomic E-state index is 0.0237. The Kier molecular flexibility index (Phi) is 10.0. The first kappa shape index (κ1) is 24.4. The Hall–Kier alpha value is -2.86. The highest BCUT2D eigenvalue weighted by Crippen LogP contribution is 2.19. The highest BCUT2D eigenvalue weighted by Gasteiger charge is 2.18. The first-order chi connectivity index (χ1) is 15.0. The predicted molar refractivity (Wildman–Crippen MR) is 130 cm³/mol. The Balaban J connectivity index is 1.93. The van der Waals surface area contributed by atoms with Gasteiger partial charge in [0.2, 0.25) is 0 Å². The van der Waals surface area contributed by atoms with Crippen molar-refractivity contribution in [2.75, 3.05) is 47.3 Å². The molecular weight excluding hydrogens is 386 g/mol. The SMILES string of the molecule is CCN(CC)C(CNC(=NC)NCCc1cccc(C(=O)N(C)C)c1)c1ccccc1. The standard InChI is InChI=1S/C25H37N5O/c1-6-30(7-2)23(21-13-9-8-10-14-21)19-28-25(26-3)27-17-16-20-12-11-15-22(18-20)24(31)29(4)5/h8-15,18,23H,6-7,16-17,19H2,1-5H3,(H2,26,27,28). The number of nitrogens with one attached hydrogen (secondary N) is 2. The van der Waals surface area contributed by atoms with Crippen LogP contribution in [-0.4, -0.2) is 69.0 Å². The van der Waals surface area contributed by atoms with E-state index < -0.39 is 0 Å². The zero-order valence-electron chi connectivity index (χ0n) is 19.6. The van der Waals surface area contributed by atoms with Gasteiger partial charge in [-0.15, -0.1) is 0 Å². The van der Waals surface area contributed by atoms with Crippen LogP contribution in [0.3, 0.4) is 0 Å². The number of amides is 1. The molecule has 0 saturated carbocycles. The molecule has 2 aromatic carbocycles. The zero-order valence-corrected chi connectivity index (χ0v) is 19.6. The van der Waals surface area contributed by atoms with Crippen molar-refractivity contribution in [2.24, 2.45) is 4.99 Å². The summed E-state index contributed by atoms with van der Waals surface area (Å²) in [6, 6.07) is 18.7. The number of carbonyl (C=O) groups excluding carboxylic acids is 1. The van der Waals surface area contributed by atoms with Gasteiger partial charge in [0.25, 0.3) is 5.91 Å². The van der Waals surface area contributed by atoms with Crippen LogP contribution >= 0.6 is 0 Å². The lowest BCUT2D eigenvalue weighted by Crippen LogP contribution is -2.43. The van der Waals surface area contributed by atoms with Gasteiger partial charge in [0.05, 0.1) is 6.04 Å². The molecule has 168 valence electrons. The number of rotatable bonds is 10. The summed E-state index contributed by atoms with van der Waals surface area (Å²) in [4.78, 5) is 20.6. The molecule has 0 saturated heterocycles. The van der Waals surface area contributed by atoms with Crippen LogP contribution in [0, 0.1) is 0 Å². The average molecular weight is 424 g/mol. The van der Waals surface area contributed by atoms with Gasteiger partial charge >= 0.3 is 0 Å². The smallest absolute Gasteiger partial charge is 0.253 e. The molecule has 6 nitrogen and oxygen atoms in total. The van der Waals surface area contributed by atoms with E-state index in [9.17, 15) is 4.79 Å². The number of hydrogen-bond acceptors (Lipinski definition) is 3. The summed E-state index contributed by atoms with van der Waals surface area (Å²) < 4.78 is 0. The maximum Gasteiger partial charge on any atom is 0.253 e. The average Bonchev–Trinajstić information content (AvgIpc) is 2.80. The second-order valence-corrected chi connectivity index (χ2v) is 7.68. The monoisotopic (exact) mass is 423 g/mol. The summed E-state index contributed by atoms with van der Waals surface area (Å²) in [5, 5.41) is 6.88. The van der Waals surface area contributed by atoms with E-state index in [0.29, 0.717) is 0 Å². The first-order valence-electron chi connectivity index (χ1n) is 11.0. The van der Waals surface area contributed by atoms with E-state index in [-0.39, 0.29) is 11.9 Å². The van der Waals surface area contributed by atoms with Crippen LogP contribution in [-0.2, 0) is 6.42 Å². The van der Waals surface area contributed by atoms with Crippen LogP contribution in [0.5, 0.6) is 0 Å². The van der Waals surface area contributed by atoms with E-state index in [1.807, 2.05) is 18.2 Å². The largest absolute Gasteiger partial charge is 0.356 e. The molecular formula is C25H37N5O. The lowest BCUT2D eigenvalue weighted by molar-refractivity contribution is 0.0827. The zero-order chi connectivity index (χ0) is 22.6. The molecule has 0 heterocycles. The van der Waals surface area contributed by atoms with Crippen LogP contribution in [0.2, 0.25) is 0 Å². The third kappa shape index (κ3) is 7.40. The topological polar surface area (TPSA) is 60.0 Å². The molecule has 0 radical (unpaired) electrons. The molecule has 6 heteroatoms. The molecule has 0 aliphatic rings. The number of carbonyl (C=O) groups is 1. The molecule has 0 fully saturated rings. The molecule has 1 unspecified atom stereocenters. The fraction of sp³-hybridized carbons (Fsp3) is 0.440. The molecule has 0 aromatic heterocycles. The summed E-state index contributed by atoms with van der Waals surface area (Å²) in [6.07, 6.45) is 0.813. The molecule has 0 spiro atoms. The highest BCUT2D eigenvalue weighted by molar-refractivity contribution is 5.94. The summed E-state index contributed by atoms with van der Waals surface area (Å²) in [7, 11) is 5.33. The van der Waals surface area contributed by atoms with Gasteiger partial charge in [-0.05, 0) is 42.8 Å². The Bertz CT molecular complexity index is 831. The molecule has 0 bridgehead atoms. The van der Waals surface area contributed by atoms with E-state index in [1.165, 1.54) is 5.56 Å². The van der Waals surface area contributed by atoms with Gasteiger partial charge in [0.15, 0.2) is 5.96 Å². The van der Waals surface area contributed by atoms with Crippen LogP contribution < -0.4 is 10.6 Å². The van der Waals surface area contributed by atoms with E-state index in [0.717, 1.165) is 49.7 Å². The van der Waals surface area contributed by atoms with Crippen molar-refractivity contribution in [3.05, 3.63) is 71.3 Å². The van der Waals surface area contributed by atoms with Crippen LogP contribution in [0.15, 0.2) is 59.6 Å². The van der Waals surface area contributed by atoms with Crippen molar-refractivity contribution in [1.82, 2.24) is 20.4 Å². The maximum absolute atomic E-state index is 12.2. The number of likely N-dealkylation sites (N-methyl/N-ethyl adjacent to an activating group) is 1. The van der Waals surface area contributed by atoms with Crippen molar-refractivity contribution in [3.63, 3.8) is 0 Å². The van der Waals surface area contributed by atoms with E-state index in [4.69, 9.17) is 0 Å². The summed E-state index contributed by atoms with van der Waals surface area (Å²) in [5.41, 5.74) is 3.15. The normalized spacial score (nSPS) is 12.5. The second-order valence-electron chi connectivity index (χ2n) is 7.68. The van der Waals surface area contributed by atoms with Gasteiger partial charge in [-0.1, -0.05) is 56.3 Å². The summed E-state index contributed by atoms with van der Waals surface area (Å²) in [5.74, 6) is 0.809. The van der Waals surface area contributed by atoms with Gasteiger partial charge in [-0.3, -0.25) is 14.7 Å². The van der Waals surface area contributed by atoms with Crippen LogP contribution in [0.4, 0.5) is 0 Å². The van der Waals surface area contributed by atoms with Gasteiger partial charge in [-0.25, -0.2) is 0 Å². The molecule has 0 aliphatic carbocycles. The van der Waals surface area contributed by atoms with E-state index >= 15 is 0 Å². The van der Waals surface area contributed by atoms with E-state index in [2.05, 4.69) is 70.8 Å². The number of nitrogens with zero attached hydrogens (tertiary/aromatic N) is 3. The predicted octanol–water partition coefficient (Wildman–Crippen LogP) is 3.18. The van der Waals surface area contributed by atoms with Gasteiger partial charge in [-0.2, -0.15) is 0 Å². The third-order valence-corrected chi connectivity index (χ3v) is 5.41. The summed E-state index contributed by atoms with van der Waals surface area (Å²) >= 11 is 0. The molecule has 31 heavy (non-hydrogen) atoms. The Morgan fingerprint density at radius 2 is 1.71 bits per heavy atom. The molecule has 1 amide bonds. The van der Waals surface area contributed by atoms with Gasteiger partial charge in [0.1, 0.15) is 0 Å². The Morgan fingerprint density at radius 3 is 2.32 bits per heavy atom. The van der Waals surface area contributed by atoms with Crippen LogP contribution in [0.25, 0.3) is 0 Å². The van der Waals surface area contributed by atoms with Crippen molar-refractivity contribution in [3.8, 4) is 0 Å². The summed E-state index contributed by atoms with van der Waals surface area (Å²) in [6.45, 7) is 7.89. The third-order valence-electron chi connectivity index (χ3n) is 5.41. The van der Waals surface area contributed by atoms with Crippen molar-refractivity contribution < 1.29 is 4.79 Å². The molecule has 2 aromatic rings. The lowest BCUT2D eigenvalue weighted by Gasteiger charge is -2.30. The highest BCUT2D eigenvalue weighted by atomic mass is 16.2. The fourth-order valence-electron chi connectivity index (χ4n) is 3.65. The Labute approximate surface area is 187 Å². The van der Waals surface area contributed by atoms with Crippen molar-refractivity contribution in [2.45, 2.75) is 26.3 Å². The molecule has 2 N–H and O–H groups in total. The molecule has 1 atom stereocenters. The number of hydrogen-bond donors (Lipinski definition) is 2. The molecule has 0 aliphatic heterocycles. The number of benzene rings is 2. The Morgan fingerprint density at radius 1 is 1.00 bits per heavy atom. The maximum atomic E-state index is 12.2. The quantitative estimate of drug-likeness (QED) is 0.455. The second kappa shape index (κ2) is 12.7. The van der Waals surface area contributed by atoms with Crippen LogP contribution in [0.1, 0.15) is 41.4 Å². The van der Waals surface area contributed by atoms with Crippen molar-refractivity contribution >= 4 is 11.9 Å². The van der Waals surface area contributed by atoms with Gasteiger partial charge in [0, 0.05) is 39.8 Å². The van der Waals surface area contributed by atoms with Crippen molar-refractivity contribution in [1.29, 1.82) is 0 Å². The first-order valence-corrected chi connectivity index (χ1v) is 11.0. The van der Waals surface area contributed by atoms with Gasteiger partial charge < -0.3 is 15.5 Å². The number of aliphatic imine (C=N–C) groups is 1. The molecule has 2 rings (SSSR count). The minimum Gasteiger partial charge on any atom is -0.356 e. The van der Waals surface area contributed by atoms with E-state index in [1.54, 1.807) is 26.0 Å². The minimum absolute atomic E-state index is 0.0237. The number of guanidine groups is 1. The fourth-order valence-corrected chi connectivity index (χ4v) is 3.65.